The van der Waals surface area contributed by atoms with Gasteiger partial charge in [-0.25, -0.2) is 5.01 Å². The van der Waals surface area contributed by atoms with Crippen LogP contribution in [0, 0.1) is 0 Å². The normalized spacial score (nSPS) is 15.2. The lowest BCUT2D eigenvalue weighted by atomic mass is 10.0. The second-order valence-electron chi connectivity index (χ2n) is 7.20. The minimum atomic E-state index is -0.598. The predicted octanol–water partition coefficient (Wildman–Crippen LogP) is 7.64. The second kappa shape index (κ2) is 12.0. The Balaban J connectivity index is 2.13. The molecule has 1 N–H and O–H groups in total. The third-order valence-electron chi connectivity index (χ3n) is 4.84. The molecule has 10 heteroatoms. The average molecular weight is 567 g/mol. The van der Waals surface area contributed by atoms with Crippen LogP contribution < -0.4 is 10.3 Å². The molecule has 1 amide bonds. The van der Waals surface area contributed by atoms with E-state index in [9.17, 15) is 9.59 Å². The minimum absolute atomic E-state index is 0.263. The van der Waals surface area contributed by atoms with Crippen molar-refractivity contribution in [3.8, 4) is 0 Å². The van der Waals surface area contributed by atoms with Crippen molar-refractivity contribution >= 4 is 81.2 Å². The van der Waals surface area contributed by atoms with Gasteiger partial charge in [0.25, 0.3) is 11.1 Å². The summed E-state index contributed by atoms with van der Waals surface area (Å²) in [4.78, 5) is 24.3. The maximum atomic E-state index is 12.1. The third kappa shape index (κ3) is 6.60. The summed E-state index contributed by atoms with van der Waals surface area (Å²) >= 11 is 26.8. The fourth-order valence-corrected chi connectivity index (χ4v) is 5.75. The number of rotatable bonds is 8. The Labute approximate surface area is 227 Å². The Bertz CT molecular complexity index is 1260. The van der Waals surface area contributed by atoms with Gasteiger partial charge in [-0.15, -0.1) is 11.8 Å². The molecule has 0 aromatic heterocycles. The van der Waals surface area contributed by atoms with Gasteiger partial charge in [0.05, 0.1) is 10.9 Å². The van der Waals surface area contributed by atoms with E-state index in [1.54, 1.807) is 49.4 Å². The van der Waals surface area contributed by atoms with Gasteiger partial charge in [-0.3, -0.25) is 9.59 Å². The molecule has 0 radical (unpaired) electrons. The first-order valence-corrected chi connectivity index (χ1v) is 12.5. The van der Waals surface area contributed by atoms with Gasteiger partial charge in [0, 0.05) is 26.2 Å². The molecule has 0 saturated heterocycles. The molecule has 0 bridgehead atoms. The van der Waals surface area contributed by atoms with Crippen molar-refractivity contribution < 1.29 is 9.59 Å². The number of allylic oxidation sites excluding steroid dienone is 5. The topological polar surface area (TPSA) is 61.8 Å². The van der Waals surface area contributed by atoms with E-state index in [0.717, 1.165) is 11.8 Å². The third-order valence-corrected chi connectivity index (χ3v) is 7.24. The molecule has 0 fully saturated rings. The van der Waals surface area contributed by atoms with Gasteiger partial charge in [0.2, 0.25) is 0 Å². The molecule has 0 aliphatic carbocycles. The van der Waals surface area contributed by atoms with Gasteiger partial charge in [-0.05, 0) is 59.3 Å². The summed E-state index contributed by atoms with van der Waals surface area (Å²) in [7, 11) is 0. The summed E-state index contributed by atoms with van der Waals surface area (Å²) in [5.41, 5.74) is 2.32. The summed E-state index contributed by atoms with van der Waals surface area (Å²) in [6, 6.07) is 10.6. The van der Waals surface area contributed by atoms with Crippen molar-refractivity contribution in [3.05, 3.63) is 110 Å². The number of nitrogens with zero attached hydrogens (tertiary/aromatic N) is 2. The molecule has 0 saturated carbocycles. The molecule has 2 aromatic carbocycles. The molecule has 1 unspecified atom stereocenters. The maximum Gasteiger partial charge on any atom is 0.269 e. The number of hydrogen-bond acceptors (Lipinski definition) is 5. The highest BCUT2D eigenvalue weighted by atomic mass is 35.5. The van der Waals surface area contributed by atoms with E-state index in [1.807, 2.05) is 12.1 Å². The lowest BCUT2D eigenvalue weighted by molar-refractivity contribution is -0.114. The Morgan fingerprint density at radius 2 is 1.80 bits per heavy atom. The monoisotopic (exact) mass is 565 g/mol. The lowest BCUT2D eigenvalue weighted by Gasteiger charge is -2.26. The molecular formula is C25H19Cl4N3O2S. The Kier molecular flexibility index (Phi) is 9.27. The first-order valence-electron chi connectivity index (χ1n) is 10.1. The molecular weight excluding hydrogens is 548 g/mol. The average Bonchev–Trinajstić information content (AvgIpc) is 2.78. The SMILES string of the molecule is C=C/C=C\C(C(=O)Cl)=C(/C)SC(c1ccc(Cl)cc1)c1c(Cl)cc(N2N=CC(=O)NC2=C)cc1Cl. The first-order chi connectivity index (χ1) is 16.6. The van der Waals surface area contributed by atoms with Gasteiger partial charge in [-0.1, -0.05) is 72.2 Å². The second-order valence-corrected chi connectivity index (χ2v) is 10.1. The zero-order valence-corrected chi connectivity index (χ0v) is 22.2. The van der Waals surface area contributed by atoms with Gasteiger partial charge in [0.15, 0.2) is 0 Å². The maximum absolute atomic E-state index is 12.1. The fourth-order valence-electron chi connectivity index (χ4n) is 3.23. The molecule has 1 heterocycles. The van der Waals surface area contributed by atoms with Gasteiger partial charge in [0.1, 0.15) is 12.0 Å². The highest BCUT2D eigenvalue weighted by molar-refractivity contribution is 8.03. The van der Waals surface area contributed by atoms with Crippen LogP contribution in [-0.4, -0.2) is 17.4 Å². The number of thioether (sulfide) groups is 1. The van der Waals surface area contributed by atoms with Crippen LogP contribution in [-0.2, 0) is 9.59 Å². The Hall–Kier alpha value is -2.48. The molecule has 1 aliphatic heterocycles. The number of carbonyl (C=O) groups is 2. The molecule has 0 spiro atoms. The lowest BCUT2D eigenvalue weighted by Crippen LogP contribution is -2.37. The Morgan fingerprint density at radius 3 is 2.34 bits per heavy atom. The number of hydrazone groups is 1. The van der Waals surface area contributed by atoms with Crippen molar-refractivity contribution in [3.63, 3.8) is 0 Å². The summed E-state index contributed by atoms with van der Waals surface area (Å²) in [6.45, 7) is 9.24. The van der Waals surface area contributed by atoms with Crippen LogP contribution in [0.25, 0.3) is 0 Å². The zero-order valence-electron chi connectivity index (χ0n) is 18.4. The summed E-state index contributed by atoms with van der Waals surface area (Å²) < 4.78 is 0. The van der Waals surface area contributed by atoms with Crippen LogP contribution in [0.2, 0.25) is 15.1 Å². The van der Waals surface area contributed by atoms with Crippen molar-refractivity contribution in [1.82, 2.24) is 5.32 Å². The molecule has 1 atom stereocenters. The van der Waals surface area contributed by atoms with E-state index in [0.29, 0.717) is 36.8 Å². The number of amides is 1. The first kappa shape index (κ1) is 27.1. The summed E-state index contributed by atoms with van der Waals surface area (Å²) in [6.07, 6.45) is 5.92. The van der Waals surface area contributed by atoms with Crippen LogP contribution in [0.4, 0.5) is 5.69 Å². The van der Waals surface area contributed by atoms with E-state index < -0.39 is 10.5 Å². The predicted molar refractivity (Wildman–Crippen MR) is 148 cm³/mol. The minimum Gasteiger partial charge on any atom is -0.306 e. The highest BCUT2D eigenvalue weighted by Crippen LogP contribution is 2.48. The summed E-state index contributed by atoms with van der Waals surface area (Å²) in [5.74, 6) is -0.115. The quantitative estimate of drug-likeness (QED) is 0.202. The standard InChI is InChI=1S/C25H19Cl4N3O2S/c1-4-5-6-19(25(29)34)14(2)35-24(16-7-9-17(26)10-8-16)23-20(27)11-18(12-21(23)28)32-15(3)31-22(33)13-30-32/h4-13,24H,1,3H2,2H3,(H,31,33)/b6-5-,19-14-. The number of benzene rings is 2. The molecule has 2 aromatic rings. The Morgan fingerprint density at radius 1 is 1.17 bits per heavy atom. The number of halogens is 4. The smallest absolute Gasteiger partial charge is 0.269 e. The van der Waals surface area contributed by atoms with E-state index >= 15 is 0 Å². The van der Waals surface area contributed by atoms with Crippen LogP contribution in [0.1, 0.15) is 23.3 Å². The number of nitrogens with one attached hydrogen (secondary N) is 1. The molecule has 3 rings (SSSR count). The number of carbonyl (C=O) groups excluding carboxylic acids is 2. The van der Waals surface area contributed by atoms with Crippen LogP contribution in [0.5, 0.6) is 0 Å². The largest absolute Gasteiger partial charge is 0.306 e. The summed E-state index contributed by atoms with van der Waals surface area (Å²) in [5, 5.41) is 8.37. The molecule has 1 aliphatic rings. The van der Waals surface area contributed by atoms with Crippen molar-refractivity contribution in [2.24, 2.45) is 5.10 Å². The highest BCUT2D eigenvalue weighted by Gasteiger charge is 2.26. The van der Waals surface area contributed by atoms with Gasteiger partial charge >= 0.3 is 0 Å². The molecule has 5 nitrogen and oxygen atoms in total. The van der Waals surface area contributed by atoms with Crippen molar-refractivity contribution in [1.29, 1.82) is 0 Å². The van der Waals surface area contributed by atoms with Crippen LogP contribution in [0.3, 0.4) is 0 Å². The van der Waals surface area contributed by atoms with E-state index in [4.69, 9.17) is 46.4 Å². The van der Waals surface area contributed by atoms with E-state index in [-0.39, 0.29) is 11.7 Å². The van der Waals surface area contributed by atoms with Gasteiger partial charge in [-0.2, -0.15) is 5.10 Å². The zero-order chi connectivity index (χ0) is 25.7. The number of hydrogen-bond donors (Lipinski definition) is 1. The van der Waals surface area contributed by atoms with Crippen molar-refractivity contribution in [2.45, 2.75) is 12.2 Å². The van der Waals surface area contributed by atoms with E-state index in [1.165, 1.54) is 16.8 Å². The van der Waals surface area contributed by atoms with Gasteiger partial charge < -0.3 is 5.32 Å². The fraction of sp³-hybridized carbons (Fsp3) is 0.0800. The molecule has 180 valence electrons. The number of anilines is 1. The van der Waals surface area contributed by atoms with Crippen LogP contribution >= 0.6 is 58.2 Å². The molecule has 35 heavy (non-hydrogen) atoms. The van der Waals surface area contributed by atoms with Crippen LogP contribution in [0.15, 0.2) is 89.2 Å². The van der Waals surface area contributed by atoms with E-state index in [2.05, 4.69) is 23.6 Å². The van der Waals surface area contributed by atoms with Crippen molar-refractivity contribution in [2.75, 3.05) is 5.01 Å².